The van der Waals surface area contributed by atoms with Gasteiger partial charge in [-0.25, -0.2) is 9.59 Å². The van der Waals surface area contributed by atoms with Gasteiger partial charge in [0.1, 0.15) is 0 Å². The molecule has 3 aliphatic rings. The maximum atomic E-state index is 12.1. The third kappa shape index (κ3) is 2.79. The fourth-order valence-corrected chi connectivity index (χ4v) is 5.44. The molecule has 2 bridgehead atoms. The van der Waals surface area contributed by atoms with Crippen LogP contribution < -0.4 is 14.8 Å². The highest BCUT2D eigenvalue weighted by molar-refractivity contribution is 6.32. The maximum Gasteiger partial charge on any atom is 0.338 e. The van der Waals surface area contributed by atoms with E-state index in [1.54, 1.807) is 20.0 Å². The monoisotopic (exact) mass is 408 g/mol. The second kappa shape index (κ2) is 6.72. The third-order valence-corrected chi connectivity index (χ3v) is 6.67. The van der Waals surface area contributed by atoms with Crippen molar-refractivity contribution in [2.45, 2.75) is 32.5 Å². The molecule has 7 nitrogen and oxygen atoms in total. The number of esters is 1. The minimum absolute atomic E-state index is 0.0429. The molecule has 152 valence electrons. The van der Waals surface area contributed by atoms with Crippen LogP contribution in [0.5, 0.6) is 11.5 Å². The van der Waals surface area contributed by atoms with Crippen molar-refractivity contribution in [2.75, 3.05) is 27.2 Å². The van der Waals surface area contributed by atoms with E-state index < -0.39 is 11.8 Å². The zero-order chi connectivity index (χ0) is 20.2. The van der Waals surface area contributed by atoms with Crippen LogP contribution in [0.1, 0.15) is 35.7 Å². The lowest BCUT2D eigenvalue weighted by Gasteiger charge is -2.43. The Morgan fingerprint density at radius 2 is 1.86 bits per heavy atom. The molecule has 28 heavy (non-hydrogen) atoms. The topological polar surface area (TPSA) is 77.1 Å². The van der Waals surface area contributed by atoms with Gasteiger partial charge in [-0.15, -0.1) is 0 Å². The second-order valence-electron chi connectivity index (χ2n) is 7.98. The van der Waals surface area contributed by atoms with Crippen LogP contribution in [0.25, 0.3) is 0 Å². The van der Waals surface area contributed by atoms with Gasteiger partial charge < -0.3 is 24.4 Å². The molecular formula is C20H25ClN2O5. The summed E-state index contributed by atoms with van der Waals surface area (Å²) in [5.74, 6) is 0.345. The van der Waals surface area contributed by atoms with Crippen molar-refractivity contribution in [3.63, 3.8) is 0 Å². The number of likely N-dealkylation sites (tertiary alicyclic amines) is 1. The number of nitrogens with zero attached hydrogens (tertiary/aromatic N) is 1. The molecule has 1 aliphatic carbocycles. The molecule has 0 radical (unpaired) electrons. The van der Waals surface area contributed by atoms with Crippen molar-refractivity contribution in [2.24, 2.45) is 17.8 Å². The van der Waals surface area contributed by atoms with Gasteiger partial charge >= 0.3 is 12.0 Å². The van der Waals surface area contributed by atoms with Gasteiger partial charge in [0, 0.05) is 38.5 Å². The Morgan fingerprint density at radius 3 is 2.43 bits per heavy atom. The first-order valence-electron chi connectivity index (χ1n) is 9.55. The molecule has 2 heterocycles. The summed E-state index contributed by atoms with van der Waals surface area (Å²) in [6.07, 6.45) is 2.06. The molecule has 1 saturated heterocycles. The minimum atomic E-state index is -0.883. The van der Waals surface area contributed by atoms with E-state index >= 15 is 0 Å². The summed E-state index contributed by atoms with van der Waals surface area (Å²) < 4.78 is 17.5. The number of carbonyl (C=O) groups excluding carboxylic acids is 2. The Kier molecular flexibility index (Phi) is 4.61. The lowest BCUT2D eigenvalue weighted by atomic mass is 9.79. The first-order chi connectivity index (χ1) is 13.3. The van der Waals surface area contributed by atoms with Gasteiger partial charge in [-0.3, -0.25) is 0 Å². The Morgan fingerprint density at radius 1 is 1.25 bits per heavy atom. The number of fused-ring (bicyclic) bond motifs is 3. The predicted molar refractivity (Wildman–Crippen MR) is 103 cm³/mol. The third-order valence-electron chi connectivity index (χ3n) is 6.39. The fourth-order valence-electron chi connectivity index (χ4n) is 5.21. The zero-order valence-electron chi connectivity index (χ0n) is 16.5. The smallest absolute Gasteiger partial charge is 0.338 e. The van der Waals surface area contributed by atoms with Gasteiger partial charge in [0.05, 0.1) is 17.7 Å². The van der Waals surface area contributed by atoms with Crippen LogP contribution in [-0.4, -0.2) is 49.9 Å². The van der Waals surface area contributed by atoms with E-state index in [1.165, 1.54) is 7.11 Å². The lowest BCUT2D eigenvalue weighted by Crippen LogP contribution is -2.56. The van der Waals surface area contributed by atoms with Crippen LogP contribution >= 0.6 is 11.6 Å². The number of carbonyl (C=O) groups is 2. The van der Waals surface area contributed by atoms with Gasteiger partial charge in [0.15, 0.2) is 11.5 Å². The maximum absolute atomic E-state index is 12.1. The van der Waals surface area contributed by atoms with Crippen LogP contribution in [-0.2, 0) is 4.74 Å². The fraction of sp³-hybridized carbons (Fsp3) is 0.600. The van der Waals surface area contributed by atoms with Gasteiger partial charge in [-0.2, -0.15) is 0 Å². The normalized spacial score (nSPS) is 30.3. The average Bonchev–Trinajstić information content (AvgIpc) is 3.19. The Labute approximate surface area is 169 Å². The summed E-state index contributed by atoms with van der Waals surface area (Å²) in [4.78, 5) is 26.0. The van der Waals surface area contributed by atoms with Crippen molar-refractivity contribution < 1.29 is 23.8 Å². The highest BCUT2D eigenvalue weighted by Crippen LogP contribution is 2.55. The Hall–Kier alpha value is -2.15. The van der Waals surface area contributed by atoms with Crippen LogP contribution in [0.15, 0.2) is 6.07 Å². The number of benzene rings is 1. The second-order valence-corrected chi connectivity index (χ2v) is 8.39. The van der Waals surface area contributed by atoms with Crippen molar-refractivity contribution in [1.29, 1.82) is 0 Å². The number of hydrogen-bond acceptors (Lipinski definition) is 5. The molecule has 2 amide bonds. The summed E-state index contributed by atoms with van der Waals surface area (Å²) in [6.45, 7) is 5.10. The van der Waals surface area contributed by atoms with Crippen LogP contribution in [0.3, 0.4) is 0 Å². The molecular weight excluding hydrogens is 384 g/mol. The molecule has 4 rings (SSSR count). The SMILES string of the molecule is CNC(=O)N1CC2CCC(C1)C2C1(C)Oc2c(Cl)cc(C(=O)OC)c(C)c2O1. The Balaban J connectivity index is 1.64. The summed E-state index contributed by atoms with van der Waals surface area (Å²) in [5.41, 5.74) is 1.03. The standard InChI is InChI=1S/C20H25ClN2O5/c1-10-13(18(24)26-4)7-14(21)17-16(10)27-20(2,28-17)15-11-5-6-12(15)9-23(8-11)19(25)22-3/h7,11-12,15H,5-6,8-9H2,1-4H3,(H,22,25). The van der Waals surface area contributed by atoms with Crippen LogP contribution in [0.4, 0.5) is 4.79 Å². The molecule has 1 aromatic carbocycles. The molecule has 0 spiro atoms. The van der Waals surface area contributed by atoms with E-state index in [0.29, 0.717) is 40.7 Å². The number of hydrogen-bond donors (Lipinski definition) is 1. The highest BCUT2D eigenvalue weighted by atomic mass is 35.5. The van der Waals surface area contributed by atoms with Gasteiger partial charge in [-0.1, -0.05) is 11.6 Å². The first-order valence-corrected chi connectivity index (χ1v) is 9.93. The van der Waals surface area contributed by atoms with Crippen LogP contribution in [0, 0.1) is 24.7 Å². The summed E-state index contributed by atoms with van der Waals surface area (Å²) >= 11 is 6.41. The lowest BCUT2D eigenvalue weighted by molar-refractivity contribution is -0.146. The van der Waals surface area contributed by atoms with E-state index in [9.17, 15) is 9.59 Å². The van der Waals surface area contributed by atoms with E-state index in [1.807, 2.05) is 11.8 Å². The predicted octanol–water partition coefficient (Wildman–Crippen LogP) is 3.22. The molecule has 2 fully saturated rings. The summed E-state index contributed by atoms with van der Waals surface area (Å²) in [5, 5.41) is 3.05. The van der Waals surface area contributed by atoms with Gasteiger partial charge in [-0.05, 0) is 37.7 Å². The molecule has 1 saturated carbocycles. The number of urea groups is 1. The van der Waals surface area contributed by atoms with E-state index in [0.717, 1.165) is 12.8 Å². The van der Waals surface area contributed by atoms with E-state index in [-0.39, 0.29) is 23.8 Å². The molecule has 3 atom stereocenters. The van der Waals surface area contributed by atoms with Crippen LogP contribution in [0.2, 0.25) is 5.02 Å². The van der Waals surface area contributed by atoms with Gasteiger partial charge in [0.2, 0.25) is 0 Å². The molecule has 2 aliphatic heterocycles. The number of halogens is 1. The first kappa shape index (κ1) is 19.2. The van der Waals surface area contributed by atoms with Gasteiger partial charge in [0.25, 0.3) is 5.79 Å². The summed E-state index contributed by atoms with van der Waals surface area (Å²) in [7, 11) is 2.99. The van der Waals surface area contributed by atoms with E-state index in [2.05, 4.69) is 5.32 Å². The zero-order valence-corrected chi connectivity index (χ0v) is 17.3. The Bertz CT molecular complexity index is 830. The van der Waals surface area contributed by atoms with E-state index in [4.69, 9.17) is 25.8 Å². The number of nitrogens with one attached hydrogen (secondary N) is 1. The molecule has 1 N–H and O–H groups in total. The average molecular weight is 409 g/mol. The molecule has 1 aromatic rings. The van der Waals surface area contributed by atoms with Crippen molar-refractivity contribution >= 4 is 23.6 Å². The number of piperidine rings is 1. The highest BCUT2D eigenvalue weighted by Gasteiger charge is 2.57. The number of rotatable bonds is 2. The van der Waals surface area contributed by atoms with Crippen molar-refractivity contribution in [3.05, 3.63) is 22.2 Å². The minimum Gasteiger partial charge on any atom is -0.465 e. The molecule has 3 unspecified atom stereocenters. The summed E-state index contributed by atoms with van der Waals surface area (Å²) in [6, 6.07) is 1.53. The van der Waals surface area contributed by atoms with Crippen molar-refractivity contribution in [3.8, 4) is 11.5 Å². The number of methoxy groups -OCH3 is 1. The molecule has 0 aromatic heterocycles. The molecule has 8 heteroatoms. The number of amides is 2. The largest absolute Gasteiger partial charge is 0.465 e. The quantitative estimate of drug-likeness (QED) is 0.760. The van der Waals surface area contributed by atoms with Crippen molar-refractivity contribution in [1.82, 2.24) is 10.2 Å². The number of ether oxygens (including phenoxy) is 3.